The van der Waals surface area contributed by atoms with Gasteiger partial charge in [0.15, 0.2) is 18.9 Å². The zero-order valence-corrected chi connectivity index (χ0v) is 60.0. The summed E-state index contributed by atoms with van der Waals surface area (Å²) in [5.74, 6) is -7.85. The molecule has 0 spiro atoms. The number of carbonyl (C=O) groups excluding carboxylic acids is 3. The maximum Gasteiger partial charge on any atom is 0.364 e. The van der Waals surface area contributed by atoms with E-state index in [0.717, 1.165) is 58.3 Å². The number of aliphatic hydroxyl groups excluding tert-OH is 14. The van der Waals surface area contributed by atoms with Crippen molar-refractivity contribution in [3.8, 4) is 0 Å². The van der Waals surface area contributed by atoms with Crippen molar-refractivity contribution < 1.29 is 134 Å². The van der Waals surface area contributed by atoms with Crippen molar-refractivity contribution >= 4 is 23.7 Å². The van der Waals surface area contributed by atoms with Gasteiger partial charge in [-0.1, -0.05) is 206 Å². The number of nitrogens with one attached hydrogen (secondary N) is 3. The van der Waals surface area contributed by atoms with Gasteiger partial charge in [-0.15, -0.1) is 0 Å². The molecule has 0 aromatic rings. The van der Waals surface area contributed by atoms with E-state index in [2.05, 4.69) is 29.8 Å². The molecule has 4 fully saturated rings. The summed E-state index contributed by atoms with van der Waals surface area (Å²) >= 11 is 0. The molecule has 8 unspecified atom stereocenters. The van der Waals surface area contributed by atoms with Crippen LogP contribution in [0.1, 0.15) is 233 Å². The minimum atomic E-state index is -3.34. The Morgan fingerprint density at radius 3 is 1.49 bits per heavy atom. The van der Waals surface area contributed by atoms with E-state index in [4.69, 9.17) is 37.9 Å². The van der Waals surface area contributed by atoms with Gasteiger partial charge in [0, 0.05) is 19.8 Å². The molecule has 4 heterocycles. The van der Waals surface area contributed by atoms with Gasteiger partial charge in [-0.05, 0) is 19.3 Å². The zero-order valence-electron chi connectivity index (χ0n) is 60.0. The molecule has 0 aromatic heterocycles. The van der Waals surface area contributed by atoms with Crippen LogP contribution < -0.4 is 16.0 Å². The molecule has 0 radical (unpaired) electrons. The number of amides is 3. The van der Waals surface area contributed by atoms with Gasteiger partial charge in [-0.2, -0.15) is 0 Å². The van der Waals surface area contributed by atoms with E-state index in [1.54, 1.807) is 6.08 Å². The largest absolute Gasteiger partial charge is 0.477 e. The quantitative estimate of drug-likeness (QED) is 0.0304. The van der Waals surface area contributed by atoms with Gasteiger partial charge in [0.25, 0.3) is 5.79 Å². The lowest BCUT2D eigenvalue weighted by atomic mass is 9.88. The number of ether oxygens (including phenoxy) is 8. The molecule has 0 aromatic carbocycles. The molecule has 590 valence electrons. The van der Waals surface area contributed by atoms with Crippen LogP contribution in [-0.2, 0) is 57.1 Å². The van der Waals surface area contributed by atoms with Crippen molar-refractivity contribution in [1.82, 2.24) is 16.0 Å². The Morgan fingerprint density at radius 2 is 1.00 bits per heavy atom. The second kappa shape index (κ2) is 50.3. The molecule has 4 saturated heterocycles. The highest BCUT2D eigenvalue weighted by molar-refractivity contribution is 5.78. The van der Waals surface area contributed by atoms with Crippen molar-refractivity contribution in [2.24, 2.45) is 0 Å². The lowest BCUT2D eigenvalue weighted by Crippen LogP contribution is -2.72. The Morgan fingerprint density at radius 1 is 0.525 bits per heavy atom. The van der Waals surface area contributed by atoms with Crippen LogP contribution in [0.4, 0.5) is 0 Å². The van der Waals surface area contributed by atoms with Gasteiger partial charge in [0.2, 0.25) is 17.7 Å². The van der Waals surface area contributed by atoms with Gasteiger partial charge in [0.1, 0.15) is 98.1 Å². The van der Waals surface area contributed by atoms with E-state index in [1.165, 1.54) is 135 Å². The van der Waals surface area contributed by atoms with Crippen LogP contribution in [0.2, 0.25) is 0 Å². The van der Waals surface area contributed by atoms with Crippen LogP contribution in [0, 0.1) is 0 Å². The summed E-state index contributed by atoms with van der Waals surface area (Å²) in [7, 11) is 0. The smallest absolute Gasteiger partial charge is 0.364 e. The monoisotopic (exact) mass is 1460 g/mol. The fourth-order valence-corrected chi connectivity index (χ4v) is 13.5. The second-order valence-corrected chi connectivity index (χ2v) is 27.9. The van der Waals surface area contributed by atoms with Crippen LogP contribution in [0.3, 0.4) is 0 Å². The van der Waals surface area contributed by atoms with Crippen molar-refractivity contribution in [1.29, 1.82) is 0 Å². The molecule has 101 heavy (non-hydrogen) atoms. The van der Waals surface area contributed by atoms with Gasteiger partial charge < -0.3 is 130 Å². The molecule has 0 bridgehead atoms. The van der Waals surface area contributed by atoms with E-state index in [-0.39, 0.29) is 12.3 Å². The Balaban J connectivity index is 1.51. The number of carboxylic acids is 1. The molecule has 4 rings (SSSR count). The highest BCUT2D eigenvalue weighted by atomic mass is 16.8. The Labute approximate surface area is 596 Å². The van der Waals surface area contributed by atoms with Gasteiger partial charge in [0.05, 0.1) is 57.3 Å². The van der Waals surface area contributed by atoms with Crippen LogP contribution in [0.5, 0.6) is 0 Å². The van der Waals surface area contributed by atoms with Crippen LogP contribution >= 0.6 is 0 Å². The highest BCUT2D eigenvalue weighted by Gasteiger charge is 2.62. The topological polar surface area (TPSA) is 482 Å². The second-order valence-electron chi connectivity index (χ2n) is 27.9. The number of carboxylic acid groups (broad SMARTS) is 1. The van der Waals surface area contributed by atoms with Crippen molar-refractivity contribution in [2.75, 3.05) is 39.6 Å². The standard InChI is InChI=1S/C71H129N3O27/c1-4-6-8-10-12-14-16-18-19-20-21-22-23-25-27-29-31-33-35-37-53(84)73-46(47(81)36-34-32-30-28-26-24-17-15-13-11-9-7-5-2)44-94-68-61(90)60(89)63(51(41-77)96-68)98-69-62(91)66(64(52(42-78)97-69)99-67-56(72-45(3)80)59(88)58(87)50(40-76)95-67)101-71(70(92)93)38-48(82)55(74-54(85)43-79)65(100-71)57(86)49(83)39-75/h34,36,46-52,55-69,75-79,81-83,86-91H,4-33,35,37-44H2,1-3H3,(H,72,80)(H,73,84)(H,74,85)(H,92,93)/b36-34+/t46-,47+,48?,49+,50?,51?,52?,55+,56?,57+,58-,59+,60+,61?,62?,63+,64-,65?,66+,67-,68+,69-,71-/m0/s1. The number of hydrogen-bond donors (Lipinski definition) is 18. The van der Waals surface area contributed by atoms with Gasteiger partial charge >= 0.3 is 5.97 Å². The Kier molecular flexibility index (Phi) is 44.9. The van der Waals surface area contributed by atoms with Crippen molar-refractivity contribution in [3.05, 3.63) is 12.2 Å². The first-order valence-electron chi connectivity index (χ1n) is 37.7. The van der Waals surface area contributed by atoms with Crippen molar-refractivity contribution in [2.45, 2.75) is 373 Å². The summed E-state index contributed by atoms with van der Waals surface area (Å²) in [6, 6.07) is -4.71. The minimum Gasteiger partial charge on any atom is -0.477 e. The molecular weight excluding hydrogens is 1330 g/mol. The van der Waals surface area contributed by atoms with E-state index >= 15 is 0 Å². The predicted molar refractivity (Wildman–Crippen MR) is 366 cm³/mol. The number of hydrogen-bond acceptors (Lipinski definition) is 26. The molecule has 3 amide bonds. The number of aliphatic carboxylic acids is 1. The molecule has 4 aliphatic rings. The maximum absolute atomic E-state index is 13.6. The van der Waals surface area contributed by atoms with E-state index < -0.39 is 204 Å². The third-order valence-electron chi connectivity index (χ3n) is 19.6. The predicted octanol–water partition coefficient (Wildman–Crippen LogP) is 1.67. The number of unbranched alkanes of at least 4 members (excludes halogenated alkanes) is 29. The van der Waals surface area contributed by atoms with Crippen LogP contribution in [-0.4, -0.2) is 280 Å². The minimum absolute atomic E-state index is 0.155. The first-order chi connectivity index (χ1) is 48.6. The summed E-state index contributed by atoms with van der Waals surface area (Å²) in [4.78, 5) is 52.1. The van der Waals surface area contributed by atoms with Gasteiger partial charge in [-0.3, -0.25) is 14.4 Å². The lowest BCUT2D eigenvalue weighted by Gasteiger charge is -2.52. The number of carbonyl (C=O) groups is 4. The Bertz CT molecular complexity index is 2270. The third-order valence-corrected chi connectivity index (χ3v) is 19.6. The zero-order chi connectivity index (χ0) is 74.3. The Hall–Kier alpha value is -3.26. The summed E-state index contributed by atoms with van der Waals surface area (Å²) in [6.45, 7) is -0.577. The molecule has 18 N–H and O–H groups in total. The summed E-state index contributed by atoms with van der Waals surface area (Å²) in [6.07, 6.45) is -0.00924. The summed E-state index contributed by atoms with van der Waals surface area (Å²) in [5, 5.41) is 172. The highest BCUT2D eigenvalue weighted by Crippen LogP contribution is 2.40. The average molecular weight is 1460 g/mol. The molecule has 30 nitrogen and oxygen atoms in total. The normalized spacial score (nSPS) is 31.3. The molecule has 0 aliphatic carbocycles. The van der Waals surface area contributed by atoms with Crippen molar-refractivity contribution in [3.63, 3.8) is 0 Å². The van der Waals surface area contributed by atoms with Crippen LogP contribution in [0.25, 0.3) is 0 Å². The molecular formula is C71H129N3O27. The molecule has 23 atom stereocenters. The van der Waals surface area contributed by atoms with Gasteiger partial charge in [-0.25, -0.2) is 4.79 Å². The number of aliphatic hydroxyl groups is 14. The van der Waals surface area contributed by atoms with E-state index in [0.29, 0.717) is 12.8 Å². The fraction of sp³-hybridized carbons (Fsp3) is 0.915. The lowest BCUT2D eigenvalue weighted by molar-refractivity contribution is -0.401. The van der Waals surface area contributed by atoms with Crippen LogP contribution in [0.15, 0.2) is 12.2 Å². The summed E-state index contributed by atoms with van der Waals surface area (Å²) < 4.78 is 47.8. The maximum atomic E-state index is 13.6. The third kappa shape index (κ3) is 30.5. The first-order valence-corrected chi connectivity index (χ1v) is 37.7. The number of rotatable bonds is 54. The first kappa shape index (κ1) is 90.1. The fourth-order valence-electron chi connectivity index (χ4n) is 13.5. The SMILES string of the molecule is CCCCCCCCCCCCC/C=C/[C@@H](O)[C@H](CO[C@@H]1OC(CO)[C@@H](O[C@@H]2OC(CO)[C@H](O[C@@H]3OC(CO)[C@H](O)[C@H](O)C3NC(C)=O)[C@H](O[C@]3(C(=O)O)CC(O)[C@@H](NC(=O)CO)C([C@H](O)[C@H](O)CO)O3)C2O)[C@H](O)C1O)NC(=O)CCCCCCCCCCCCCCCCCCCCC. The average Bonchev–Trinajstić information content (AvgIpc) is 0.752. The van der Waals surface area contributed by atoms with E-state index in [9.17, 15) is 95.8 Å². The number of allylic oxidation sites excluding steroid dienone is 1. The van der Waals surface area contributed by atoms with E-state index in [1.807, 2.05) is 6.08 Å². The summed E-state index contributed by atoms with van der Waals surface area (Å²) in [5.41, 5.74) is 0. The molecule has 0 saturated carbocycles. The molecule has 30 heteroatoms. The molecule has 4 aliphatic heterocycles.